The first-order chi connectivity index (χ1) is 15.2. The van der Waals surface area contributed by atoms with Crippen LogP contribution in [-0.4, -0.2) is 43.8 Å². The van der Waals surface area contributed by atoms with Crippen molar-refractivity contribution in [3.05, 3.63) is 66.4 Å². The van der Waals surface area contributed by atoms with Crippen molar-refractivity contribution in [2.45, 2.75) is 6.36 Å². The van der Waals surface area contributed by atoms with E-state index in [-0.39, 0.29) is 23.5 Å². The largest absolute Gasteiger partial charge is 0.573 e. The fourth-order valence-electron chi connectivity index (χ4n) is 3.16. The summed E-state index contributed by atoms with van der Waals surface area (Å²) in [4.78, 5) is 27.0. The SMILES string of the molecule is C=CCN1C(=O)C(Nc2cccc(OC(F)(F)F)c2)=C(c2ccc(OC)c(OC)c2)C1=O. The van der Waals surface area contributed by atoms with Gasteiger partial charge in [-0.05, 0) is 29.8 Å². The number of methoxy groups -OCH3 is 2. The van der Waals surface area contributed by atoms with Crippen molar-refractivity contribution >= 4 is 23.1 Å². The number of imide groups is 1. The number of amides is 2. The smallest absolute Gasteiger partial charge is 0.493 e. The summed E-state index contributed by atoms with van der Waals surface area (Å²) >= 11 is 0. The monoisotopic (exact) mass is 448 g/mol. The minimum atomic E-state index is -4.87. The first-order valence-electron chi connectivity index (χ1n) is 9.25. The summed E-state index contributed by atoms with van der Waals surface area (Å²) in [5.41, 5.74) is 0.410. The number of hydrogen-bond acceptors (Lipinski definition) is 6. The Bertz CT molecular complexity index is 1100. The normalized spacial score (nSPS) is 14.0. The number of carbonyl (C=O) groups is 2. The van der Waals surface area contributed by atoms with Crippen LogP contribution < -0.4 is 19.5 Å². The molecular weight excluding hydrogens is 429 g/mol. The van der Waals surface area contributed by atoms with Crippen LogP contribution in [0.2, 0.25) is 0 Å². The Morgan fingerprint density at radius 3 is 2.38 bits per heavy atom. The van der Waals surface area contributed by atoms with E-state index in [0.29, 0.717) is 17.1 Å². The number of carbonyl (C=O) groups excluding carboxylic acids is 2. The van der Waals surface area contributed by atoms with Crippen LogP contribution >= 0.6 is 0 Å². The summed E-state index contributed by atoms with van der Waals surface area (Å²) in [5.74, 6) is -0.965. The topological polar surface area (TPSA) is 77.1 Å². The fourth-order valence-corrected chi connectivity index (χ4v) is 3.16. The third kappa shape index (κ3) is 4.69. The van der Waals surface area contributed by atoms with Crippen molar-refractivity contribution in [1.29, 1.82) is 0 Å². The van der Waals surface area contributed by atoms with Crippen LogP contribution in [0.15, 0.2) is 60.8 Å². The molecule has 32 heavy (non-hydrogen) atoms. The summed E-state index contributed by atoms with van der Waals surface area (Å²) in [5, 5.41) is 2.76. The molecule has 0 radical (unpaired) electrons. The molecule has 1 N–H and O–H groups in total. The van der Waals surface area contributed by atoms with Gasteiger partial charge in [0.2, 0.25) is 0 Å². The molecule has 3 rings (SSSR count). The summed E-state index contributed by atoms with van der Waals surface area (Å²) < 4.78 is 52.1. The van der Waals surface area contributed by atoms with Crippen LogP contribution in [0.1, 0.15) is 5.56 Å². The van der Waals surface area contributed by atoms with Gasteiger partial charge in [0.25, 0.3) is 11.8 Å². The van der Waals surface area contributed by atoms with E-state index in [1.165, 1.54) is 38.5 Å². The van der Waals surface area contributed by atoms with Crippen molar-refractivity contribution < 1.29 is 37.0 Å². The number of nitrogens with one attached hydrogen (secondary N) is 1. The zero-order chi connectivity index (χ0) is 23.5. The van der Waals surface area contributed by atoms with E-state index >= 15 is 0 Å². The van der Waals surface area contributed by atoms with Gasteiger partial charge in [0.05, 0.1) is 19.8 Å². The Hall–Kier alpha value is -3.95. The van der Waals surface area contributed by atoms with Gasteiger partial charge in [0.1, 0.15) is 11.4 Å². The second kappa shape index (κ2) is 9.04. The lowest BCUT2D eigenvalue weighted by molar-refractivity contribution is -0.274. The molecule has 1 heterocycles. The Kier molecular flexibility index (Phi) is 6.42. The summed E-state index contributed by atoms with van der Waals surface area (Å²) in [6.45, 7) is 3.51. The Morgan fingerprint density at radius 1 is 1.03 bits per heavy atom. The predicted molar refractivity (Wildman–Crippen MR) is 110 cm³/mol. The van der Waals surface area contributed by atoms with Crippen LogP contribution in [0.5, 0.6) is 17.2 Å². The minimum absolute atomic E-state index is 0.0277. The van der Waals surface area contributed by atoms with E-state index in [4.69, 9.17) is 9.47 Å². The molecule has 0 saturated carbocycles. The molecule has 0 saturated heterocycles. The predicted octanol–water partition coefficient (Wildman–Crippen LogP) is 3.98. The first-order valence-corrected chi connectivity index (χ1v) is 9.25. The van der Waals surface area contributed by atoms with Gasteiger partial charge in [-0.1, -0.05) is 18.2 Å². The summed E-state index contributed by atoms with van der Waals surface area (Å²) in [7, 11) is 2.88. The molecule has 168 valence electrons. The third-order valence-corrected chi connectivity index (χ3v) is 4.49. The average Bonchev–Trinajstić information content (AvgIpc) is 2.97. The summed E-state index contributed by atoms with van der Waals surface area (Å²) in [6, 6.07) is 9.63. The minimum Gasteiger partial charge on any atom is -0.493 e. The molecule has 2 aromatic carbocycles. The number of halogens is 3. The number of hydrogen-bond donors (Lipinski definition) is 1. The van der Waals surface area contributed by atoms with Crippen LogP contribution in [-0.2, 0) is 9.59 Å². The van der Waals surface area contributed by atoms with Crippen LogP contribution in [0.4, 0.5) is 18.9 Å². The molecule has 7 nitrogen and oxygen atoms in total. The Balaban J connectivity index is 2.07. The maximum Gasteiger partial charge on any atom is 0.573 e. The van der Waals surface area contributed by atoms with Gasteiger partial charge in [-0.15, -0.1) is 19.8 Å². The molecule has 10 heteroatoms. The number of anilines is 1. The number of rotatable bonds is 8. The Morgan fingerprint density at radius 2 is 1.75 bits per heavy atom. The van der Waals surface area contributed by atoms with Crippen LogP contribution in [0, 0.1) is 0 Å². The van der Waals surface area contributed by atoms with Crippen molar-refractivity contribution in [3.63, 3.8) is 0 Å². The van der Waals surface area contributed by atoms with Gasteiger partial charge < -0.3 is 19.5 Å². The maximum absolute atomic E-state index is 13.0. The third-order valence-electron chi connectivity index (χ3n) is 4.49. The second-order valence-corrected chi connectivity index (χ2v) is 6.53. The molecule has 0 unspecified atom stereocenters. The van der Waals surface area contributed by atoms with E-state index < -0.39 is 23.9 Å². The van der Waals surface area contributed by atoms with E-state index in [1.807, 2.05) is 0 Å². The second-order valence-electron chi connectivity index (χ2n) is 6.53. The van der Waals surface area contributed by atoms with E-state index in [9.17, 15) is 22.8 Å². The van der Waals surface area contributed by atoms with Crippen molar-refractivity contribution in [2.75, 3.05) is 26.1 Å². The van der Waals surface area contributed by atoms with Gasteiger partial charge in [-0.2, -0.15) is 0 Å². The molecule has 0 fully saturated rings. The summed E-state index contributed by atoms with van der Waals surface area (Å²) in [6.07, 6.45) is -3.48. The molecule has 2 amide bonds. The standard InChI is InChI=1S/C22H19F3N2O5/c1-4-10-27-20(28)18(13-8-9-16(30-2)17(11-13)31-3)19(21(27)29)26-14-6-5-7-15(12-14)32-22(23,24)25/h4-9,11-12,26H,1,10H2,2-3H3. The van der Waals surface area contributed by atoms with E-state index in [1.54, 1.807) is 12.1 Å². The zero-order valence-corrected chi connectivity index (χ0v) is 17.2. The molecule has 1 aliphatic heterocycles. The zero-order valence-electron chi connectivity index (χ0n) is 17.2. The van der Waals surface area contributed by atoms with E-state index in [2.05, 4.69) is 16.6 Å². The lowest BCUT2D eigenvalue weighted by Crippen LogP contribution is -2.32. The molecule has 0 spiro atoms. The van der Waals surface area contributed by atoms with Crippen LogP contribution in [0.3, 0.4) is 0 Å². The average molecular weight is 448 g/mol. The highest BCUT2D eigenvalue weighted by molar-refractivity contribution is 6.36. The number of alkyl halides is 3. The number of nitrogens with zero attached hydrogens (tertiary/aromatic N) is 1. The first kappa shape index (κ1) is 22.7. The fraction of sp³-hybridized carbons (Fsp3) is 0.182. The molecule has 1 aliphatic rings. The van der Waals surface area contributed by atoms with Crippen molar-refractivity contribution in [3.8, 4) is 17.2 Å². The number of benzene rings is 2. The molecule has 0 bridgehead atoms. The van der Waals surface area contributed by atoms with Crippen molar-refractivity contribution in [2.24, 2.45) is 0 Å². The van der Waals surface area contributed by atoms with Crippen molar-refractivity contribution in [1.82, 2.24) is 4.90 Å². The van der Waals surface area contributed by atoms with Crippen LogP contribution in [0.25, 0.3) is 5.57 Å². The number of ether oxygens (including phenoxy) is 3. The molecule has 0 aliphatic carbocycles. The lowest BCUT2D eigenvalue weighted by atomic mass is 10.0. The quantitative estimate of drug-likeness (QED) is 0.486. The molecule has 0 aromatic heterocycles. The Labute approximate surface area is 181 Å². The maximum atomic E-state index is 13.0. The highest BCUT2D eigenvalue weighted by atomic mass is 19.4. The van der Waals surface area contributed by atoms with Gasteiger partial charge in [-0.3, -0.25) is 14.5 Å². The molecule has 0 atom stereocenters. The molecule has 2 aromatic rings. The highest BCUT2D eigenvalue weighted by Gasteiger charge is 2.39. The van der Waals surface area contributed by atoms with Gasteiger partial charge in [-0.25, -0.2) is 0 Å². The molecular formula is C22H19F3N2O5. The lowest BCUT2D eigenvalue weighted by Gasteiger charge is -2.13. The van der Waals surface area contributed by atoms with Gasteiger partial charge in [0, 0.05) is 18.3 Å². The van der Waals surface area contributed by atoms with Gasteiger partial charge >= 0.3 is 6.36 Å². The van der Waals surface area contributed by atoms with E-state index in [0.717, 1.165) is 17.0 Å². The van der Waals surface area contributed by atoms with Gasteiger partial charge in [0.15, 0.2) is 11.5 Å². The highest BCUT2D eigenvalue weighted by Crippen LogP contribution is 2.36.